The van der Waals surface area contributed by atoms with Crippen LogP contribution in [-0.4, -0.2) is 13.1 Å². The fourth-order valence-electron chi connectivity index (χ4n) is 1.59. The normalized spacial score (nSPS) is 9.95. The van der Waals surface area contributed by atoms with Crippen molar-refractivity contribution in [1.29, 1.82) is 0 Å². The minimum absolute atomic E-state index is 0.158. The summed E-state index contributed by atoms with van der Waals surface area (Å²) in [4.78, 5) is 10.6. The van der Waals surface area contributed by atoms with Crippen LogP contribution in [0.4, 0.5) is 0 Å². The van der Waals surface area contributed by atoms with Gasteiger partial charge in [-0.3, -0.25) is 0 Å². The van der Waals surface area contributed by atoms with E-state index in [1.54, 1.807) is 25.3 Å². The number of carboxylic acid groups (broad SMARTS) is 1. The molecule has 0 saturated carbocycles. The van der Waals surface area contributed by atoms with Crippen LogP contribution in [0.3, 0.4) is 0 Å². The number of ether oxygens (including phenoxy) is 2. The standard InChI is InChI=1S/C15H14O4/c1-18-13-3-2-4-14(9-13)19-10-11-5-7-12(8-6-11)15(16)17/h2-9H,10H2,1H3,(H,16,17)/p-1. The van der Waals surface area contributed by atoms with Gasteiger partial charge in [-0.25, -0.2) is 0 Å². The van der Waals surface area contributed by atoms with Crippen LogP contribution >= 0.6 is 0 Å². The zero-order valence-electron chi connectivity index (χ0n) is 10.5. The molecule has 0 aliphatic rings. The highest BCUT2D eigenvalue weighted by atomic mass is 16.5. The topological polar surface area (TPSA) is 58.6 Å². The Bertz CT molecular complexity index is 561. The summed E-state index contributed by atoms with van der Waals surface area (Å²) in [6, 6.07) is 13.7. The number of methoxy groups -OCH3 is 1. The smallest absolute Gasteiger partial charge is 0.123 e. The van der Waals surface area contributed by atoms with E-state index in [9.17, 15) is 9.90 Å². The summed E-state index contributed by atoms with van der Waals surface area (Å²) in [5, 5.41) is 10.6. The fourth-order valence-corrected chi connectivity index (χ4v) is 1.59. The maximum Gasteiger partial charge on any atom is 0.123 e. The quantitative estimate of drug-likeness (QED) is 0.817. The molecular formula is C15H13O4-. The van der Waals surface area contributed by atoms with Crippen LogP contribution in [-0.2, 0) is 6.61 Å². The molecular weight excluding hydrogens is 244 g/mol. The van der Waals surface area contributed by atoms with Gasteiger partial charge in [-0.05, 0) is 23.3 Å². The van der Waals surface area contributed by atoms with Crippen LogP contribution < -0.4 is 14.6 Å². The molecule has 2 aromatic carbocycles. The predicted molar refractivity (Wildman–Crippen MR) is 68.1 cm³/mol. The number of aromatic carboxylic acids is 1. The zero-order valence-corrected chi connectivity index (χ0v) is 10.5. The first kappa shape index (κ1) is 13.0. The Balaban J connectivity index is 1.99. The van der Waals surface area contributed by atoms with E-state index >= 15 is 0 Å². The van der Waals surface area contributed by atoms with Gasteiger partial charge >= 0.3 is 0 Å². The van der Waals surface area contributed by atoms with Gasteiger partial charge < -0.3 is 19.4 Å². The summed E-state index contributed by atoms with van der Waals surface area (Å²) in [7, 11) is 1.60. The van der Waals surface area contributed by atoms with E-state index in [4.69, 9.17) is 9.47 Å². The van der Waals surface area contributed by atoms with E-state index in [1.807, 2.05) is 18.2 Å². The predicted octanol–water partition coefficient (Wildman–Crippen LogP) is 1.64. The Morgan fingerprint density at radius 3 is 2.42 bits per heavy atom. The molecule has 0 fully saturated rings. The van der Waals surface area contributed by atoms with Crippen LogP contribution in [0.25, 0.3) is 0 Å². The van der Waals surface area contributed by atoms with E-state index in [-0.39, 0.29) is 5.56 Å². The van der Waals surface area contributed by atoms with E-state index in [0.717, 1.165) is 11.3 Å². The molecule has 0 aliphatic heterocycles. The lowest BCUT2D eigenvalue weighted by atomic mass is 10.1. The highest BCUT2D eigenvalue weighted by molar-refractivity contribution is 5.85. The first-order chi connectivity index (χ1) is 9.19. The Labute approximate surface area is 111 Å². The van der Waals surface area contributed by atoms with Gasteiger partial charge in [0.15, 0.2) is 0 Å². The molecule has 0 atom stereocenters. The van der Waals surface area contributed by atoms with Crippen LogP contribution in [0.5, 0.6) is 11.5 Å². The van der Waals surface area contributed by atoms with E-state index in [0.29, 0.717) is 12.4 Å². The van der Waals surface area contributed by atoms with Gasteiger partial charge in [0.05, 0.1) is 13.1 Å². The van der Waals surface area contributed by atoms with Gasteiger partial charge in [0.2, 0.25) is 0 Å². The number of rotatable bonds is 5. The third-order valence-corrected chi connectivity index (χ3v) is 2.64. The summed E-state index contributed by atoms with van der Waals surface area (Å²) in [6.45, 7) is 0.362. The molecule has 19 heavy (non-hydrogen) atoms. The van der Waals surface area contributed by atoms with Crippen molar-refractivity contribution in [2.24, 2.45) is 0 Å². The average molecular weight is 257 g/mol. The lowest BCUT2D eigenvalue weighted by Gasteiger charge is -2.08. The van der Waals surface area contributed by atoms with Gasteiger partial charge in [0, 0.05) is 6.07 Å². The molecule has 0 spiro atoms. The number of carbonyl (C=O) groups is 1. The lowest BCUT2D eigenvalue weighted by molar-refractivity contribution is -0.255. The Kier molecular flexibility index (Phi) is 4.03. The number of carbonyl (C=O) groups excluding carboxylic acids is 1. The second-order valence-electron chi connectivity index (χ2n) is 3.95. The monoisotopic (exact) mass is 257 g/mol. The second kappa shape index (κ2) is 5.91. The zero-order chi connectivity index (χ0) is 13.7. The fraction of sp³-hybridized carbons (Fsp3) is 0.133. The van der Waals surface area contributed by atoms with Gasteiger partial charge in [-0.2, -0.15) is 0 Å². The molecule has 4 nitrogen and oxygen atoms in total. The molecule has 0 heterocycles. The maximum absolute atomic E-state index is 10.6. The van der Waals surface area contributed by atoms with Gasteiger partial charge in [-0.15, -0.1) is 0 Å². The van der Waals surface area contributed by atoms with Crippen LogP contribution in [0, 0.1) is 0 Å². The summed E-state index contributed by atoms with van der Waals surface area (Å²) in [6.07, 6.45) is 0. The SMILES string of the molecule is COc1cccc(OCc2ccc(C(=O)[O-])cc2)c1. The summed E-state index contributed by atoms with van der Waals surface area (Å²) in [5.74, 6) is 0.244. The lowest BCUT2D eigenvalue weighted by Crippen LogP contribution is -2.22. The number of carboxylic acids is 1. The van der Waals surface area contributed by atoms with Gasteiger partial charge in [-0.1, -0.05) is 30.3 Å². The van der Waals surface area contributed by atoms with E-state index in [2.05, 4.69) is 0 Å². The van der Waals surface area contributed by atoms with Crippen molar-refractivity contribution in [2.75, 3.05) is 7.11 Å². The van der Waals surface area contributed by atoms with Crippen molar-refractivity contribution in [3.05, 3.63) is 59.7 Å². The average Bonchev–Trinajstić information content (AvgIpc) is 2.46. The van der Waals surface area contributed by atoms with Crippen molar-refractivity contribution in [2.45, 2.75) is 6.61 Å². The second-order valence-corrected chi connectivity index (χ2v) is 3.95. The van der Waals surface area contributed by atoms with E-state index < -0.39 is 5.97 Å². The maximum atomic E-state index is 10.6. The minimum atomic E-state index is -1.18. The number of benzene rings is 2. The third kappa shape index (κ3) is 3.48. The molecule has 0 bridgehead atoms. The first-order valence-electron chi connectivity index (χ1n) is 5.76. The third-order valence-electron chi connectivity index (χ3n) is 2.64. The highest BCUT2D eigenvalue weighted by Gasteiger charge is 1.99. The number of hydrogen-bond acceptors (Lipinski definition) is 4. The highest BCUT2D eigenvalue weighted by Crippen LogP contribution is 2.20. The molecule has 0 N–H and O–H groups in total. The Morgan fingerprint density at radius 1 is 1.11 bits per heavy atom. The molecule has 0 amide bonds. The Hall–Kier alpha value is -2.49. The van der Waals surface area contributed by atoms with Crippen molar-refractivity contribution in [3.8, 4) is 11.5 Å². The molecule has 0 unspecified atom stereocenters. The van der Waals surface area contributed by atoms with Crippen molar-refractivity contribution in [1.82, 2.24) is 0 Å². The Morgan fingerprint density at radius 2 is 1.79 bits per heavy atom. The molecule has 2 rings (SSSR count). The molecule has 0 aliphatic carbocycles. The first-order valence-corrected chi connectivity index (χ1v) is 5.76. The van der Waals surface area contributed by atoms with Gasteiger partial charge in [0.25, 0.3) is 0 Å². The van der Waals surface area contributed by atoms with Crippen molar-refractivity contribution >= 4 is 5.97 Å². The molecule has 0 aromatic heterocycles. The molecule has 2 aromatic rings. The molecule has 0 saturated heterocycles. The van der Waals surface area contributed by atoms with Crippen molar-refractivity contribution < 1.29 is 19.4 Å². The minimum Gasteiger partial charge on any atom is -0.545 e. The summed E-state index contributed by atoms with van der Waals surface area (Å²) in [5.41, 5.74) is 1.04. The molecule has 0 radical (unpaired) electrons. The molecule has 98 valence electrons. The van der Waals surface area contributed by atoms with Crippen LogP contribution in [0.1, 0.15) is 15.9 Å². The summed E-state index contributed by atoms with van der Waals surface area (Å²) < 4.78 is 10.7. The molecule has 4 heteroatoms. The van der Waals surface area contributed by atoms with E-state index in [1.165, 1.54) is 12.1 Å². The largest absolute Gasteiger partial charge is 0.545 e. The van der Waals surface area contributed by atoms with Crippen molar-refractivity contribution in [3.63, 3.8) is 0 Å². The van der Waals surface area contributed by atoms with Gasteiger partial charge in [0.1, 0.15) is 18.1 Å². The summed E-state index contributed by atoms with van der Waals surface area (Å²) >= 11 is 0. The number of hydrogen-bond donors (Lipinski definition) is 0. The van der Waals surface area contributed by atoms with Crippen LogP contribution in [0.2, 0.25) is 0 Å². The van der Waals surface area contributed by atoms with Crippen LogP contribution in [0.15, 0.2) is 48.5 Å².